The zero-order chi connectivity index (χ0) is 74.6. The predicted molar refractivity (Wildman–Crippen MR) is 391 cm³/mol. The molecule has 3 saturated heterocycles. The molecule has 3 aliphatic heterocycles. The minimum atomic E-state index is -1.09. The minimum Gasteiger partial charge on any atom is -0.478 e. The third-order valence-electron chi connectivity index (χ3n) is 15.6. The second-order valence-electron chi connectivity index (χ2n) is 25.9. The number of amides is 6. The van der Waals surface area contributed by atoms with Gasteiger partial charge in [-0.2, -0.15) is 0 Å². The molecule has 8 rings (SSSR count). The predicted octanol–water partition coefficient (Wildman–Crippen LogP) is 13.3. The summed E-state index contributed by atoms with van der Waals surface area (Å²) in [5.74, 6) is -1.22. The number of benzene rings is 4. The van der Waals surface area contributed by atoms with Gasteiger partial charge in [0.15, 0.2) is 5.78 Å². The zero-order valence-electron chi connectivity index (χ0n) is 59.4. The summed E-state index contributed by atoms with van der Waals surface area (Å²) in [4.78, 5) is 131. The van der Waals surface area contributed by atoms with E-state index >= 15 is 0 Å². The molecule has 0 spiro atoms. The molecule has 544 valence electrons. The quantitative estimate of drug-likeness (QED) is 0.0162. The summed E-state index contributed by atoms with van der Waals surface area (Å²) < 4.78 is 10.7. The van der Waals surface area contributed by atoms with Crippen LogP contribution < -0.4 is 5.73 Å². The number of carbonyl (C=O) groups excluding carboxylic acids is 7. The number of hydrogen-bond acceptors (Lipinski definition) is 16. The van der Waals surface area contributed by atoms with Crippen molar-refractivity contribution in [2.24, 2.45) is 0 Å². The van der Waals surface area contributed by atoms with Crippen molar-refractivity contribution in [3.8, 4) is 0 Å². The van der Waals surface area contributed by atoms with Gasteiger partial charge < -0.3 is 49.7 Å². The molecular formula is C77H96N10O15. The number of aromatic nitrogens is 1. The maximum atomic E-state index is 13.0. The third-order valence-corrected chi connectivity index (χ3v) is 15.6. The highest BCUT2D eigenvalue weighted by molar-refractivity contribution is 5.98. The van der Waals surface area contributed by atoms with Crippen LogP contribution >= 0.6 is 0 Å². The maximum absolute atomic E-state index is 13.0. The molecule has 0 unspecified atom stereocenters. The van der Waals surface area contributed by atoms with Gasteiger partial charge >= 0.3 is 18.2 Å². The lowest BCUT2D eigenvalue weighted by Gasteiger charge is -2.35. The Morgan fingerprint density at radius 2 is 0.833 bits per heavy atom. The normalized spacial score (nSPS) is 14.1. The second-order valence-corrected chi connectivity index (χ2v) is 25.9. The topological polar surface area (TPSA) is 320 Å². The number of carbonyl (C=O) groups is 8. The fraction of sp³-hybridized carbons (Fsp3) is 0.390. The average Bonchev–Trinajstić information content (AvgIpc) is 0.852. The number of nitro benzene ring substituents is 2. The van der Waals surface area contributed by atoms with Gasteiger partial charge in [-0.25, -0.2) is 14.4 Å². The number of carboxylic acid groups (broad SMARTS) is 1. The highest BCUT2D eigenvalue weighted by Crippen LogP contribution is 2.20. The van der Waals surface area contributed by atoms with Crippen molar-refractivity contribution in [2.45, 2.75) is 117 Å². The van der Waals surface area contributed by atoms with Crippen LogP contribution in [-0.4, -0.2) is 187 Å². The molecule has 0 atom stereocenters. The Kier molecular flexibility index (Phi) is 33.7. The number of unbranched alkanes of at least 4 members (excludes halogenated alkanes) is 1. The third kappa shape index (κ3) is 29.8. The second kappa shape index (κ2) is 42.1. The van der Waals surface area contributed by atoms with Crippen molar-refractivity contribution in [3.63, 3.8) is 0 Å². The summed E-state index contributed by atoms with van der Waals surface area (Å²) in [6.45, 7) is 18.8. The van der Waals surface area contributed by atoms with Gasteiger partial charge in [0, 0.05) is 156 Å². The number of rotatable bonds is 22. The number of pyridine rings is 1. The van der Waals surface area contributed by atoms with Crippen molar-refractivity contribution in [3.05, 3.63) is 236 Å². The standard InChI is InChI=1S/C38H47N3O3.C16H21N3O5.C16H23N3O3.C7H5NO4/c1-2-3-4-5-6-7-8-9-10-11-12-13-14-15-16-17-18-21-37(43)40-27-29-41(30-28-40)38(44)34-24-22-33(23-25-34)31-36(42)35-20-19-26-39-32-35;1-16(2,3)24-15(21)18-10-8-17(9-11-18)14(20)12-4-6-13(7-5-12)19(22)23;1-16(2,3)22-15(21)19-10-8-18(9-11-19)14(20)12-4-6-13(17)7-5-12;9-7(10)5-1-3-6(4-2-5)8(11)12/h3-4,6-7,9-10,12-13,15-16,19-20,22-26,32H,2,5,8,11,14,17-18,21,27-31H2,1H3;4-7H,8-11H2,1-3H3;4-7H,8-11,17H2,1-3H3;1-4H,(H,9,10)/b4-3-,7-6-,10-9-,13-12-,16-15-;;;. The average molecular weight is 1400 g/mol. The zero-order valence-corrected chi connectivity index (χ0v) is 59.4. The highest BCUT2D eigenvalue weighted by atomic mass is 16.6. The number of ether oxygens (including phenoxy) is 2. The van der Waals surface area contributed by atoms with Crippen LogP contribution in [0, 0.1) is 20.2 Å². The highest BCUT2D eigenvalue weighted by Gasteiger charge is 2.31. The van der Waals surface area contributed by atoms with Gasteiger partial charge in [0.2, 0.25) is 5.91 Å². The van der Waals surface area contributed by atoms with Gasteiger partial charge in [-0.05, 0) is 165 Å². The Morgan fingerprint density at radius 3 is 1.20 bits per heavy atom. The van der Waals surface area contributed by atoms with E-state index in [1.807, 2.05) is 37.8 Å². The van der Waals surface area contributed by atoms with E-state index < -0.39 is 27.0 Å². The van der Waals surface area contributed by atoms with E-state index in [-0.39, 0.29) is 65.0 Å². The van der Waals surface area contributed by atoms with Crippen LogP contribution in [0.25, 0.3) is 0 Å². The molecule has 0 aliphatic carbocycles. The summed E-state index contributed by atoms with van der Waals surface area (Å²) in [7, 11) is 0. The first-order chi connectivity index (χ1) is 48.6. The smallest absolute Gasteiger partial charge is 0.410 e. The number of nitrogens with two attached hydrogens (primary N) is 1. The molecule has 0 radical (unpaired) electrons. The SMILES string of the molecule is CC(C)(C)OC(=O)N1CCN(C(=O)c2ccc(N)cc2)CC1.CC(C)(C)OC(=O)N1CCN(C(=O)c2ccc([N+](=O)[O-])cc2)CC1.CC/C=C\C/C=C\C/C=C\C/C=C\C/C=C\CCCC(=O)N1CCN(C(=O)c2ccc(CC(=O)c3cccnc3)cc2)CC1.O=C(O)c1ccc([N+](=O)[O-])cc1. The fourth-order valence-corrected chi connectivity index (χ4v) is 10.1. The number of anilines is 1. The number of piperazine rings is 3. The summed E-state index contributed by atoms with van der Waals surface area (Å²) in [6, 6.07) is 27.8. The van der Waals surface area contributed by atoms with E-state index in [0.29, 0.717) is 113 Å². The molecule has 0 saturated carbocycles. The number of non-ortho nitro benzene ring substituents is 2. The number of nitro groups is 2. The molecule has 3 fully saturated rings. The Bertz CT molecular complexity index is 3670. The lowest BCUT2D eigenvalue weighted by molar-refractivity contribution is -0.385. The number of hydrogen-bond donors (Lipinski definition) is 2. The van der Waals surface area contributed by atoms with Crippen LogP contribution in [0.4, 0.5) is 26.7 Å². The molecule has 4 aromatic carbocycles. The molecule has 25 nitrogen and oxygen atoms in total. The van der Waals surface area contributed by atoms with Crippen LogP contribution in [0.2, 0.25) is 0 Å². The largest absolute Gasteiger partial charge is 0.478 e. The number of carboxylic acids is 1. The van der Waals surface area contributed by atoms with Crippen LogP contribution in [0.1, 0.15) is 157 Å². The Morgan fingerprint density at radius 1 is 0.480 bits per heavy atom. The molecule has 6 amide bonds. The van der Waals surface area contributed by atoms with Gasteiger partial charge in [0.25, 0.3) is 29.1 Å². The number of aromatic carboxylic acids is 1. The number of allylic oxidation sites excluding steroid dienone is 10. The molecule has 1 aromatic heterocycles. The van der Waals surface area contributed by atoms with Crippen molar-refractivity contribution in [1.29, 1.82) is 0 Å². The van der Waals surface area contributed by atoms with Gasteiger partial charge in [-0.1, -0.05) is 79.8 Å². The maximum Gasteiger partial charge on any atom is 0.410 e. The number of ketones is 1. The van der Waals surface area contributed by atoms with Gasteiger partial charge in [-0.3, -0.25) is 49.2 Å². The first kappa shape index (κ1) is 81.6. The van der Waals surface area contributed by atoms with Crippen LogP contribution in [0.5, 0.6) is 0 Å². The summed E-state index contributed by atoms with van der Waals surface area (Å²) in [5, 5.41) is 29.2. The van der Waals surface area contributed by atoms with E-state index in [1.54, 1.807) is 106 Å². The molecular weight excluding hydrogens is 1300 g/mol. The fourth-order valence-electron chi connectivity index (χ4n) is 10.1. The summed E-state index contributed by atoms with van der Waals surface area (Å²) in [6.07, 6.45) is 31.8. The molecule has 25 heteroatoms. The lowest BCUT2D eigenvalue weighted by Crippen LogP contribution is -2.51. The molecule has 4 heterocycles. The van der Waals surface area contributed by atoms with Gasteiger partial charge in [-0.15, -0.1) is 0 Å². The van der Waals surface area contributed by atoms with Crippen LogP contribution in [-0.2, 0) is 20.7 Å². The van der Waals surface area contributed by atoms with Crippen molar-refractivity contribution >= 4 is 64.6 Å². The molecule has 102 heavy (non-hydrogen) atoms. The molecule has 3 aliphatic rings. The van der Waals surface area contributed by atoms with E-state index in [0.717, 1.165) is 62.6 Å². The monoisotopic (exact) mass is 1400 g/mol. The summed E-state index contributed by atoms with van der Waals surface area (Å²) in [5.41, 5.74) is 8.11. The number of Topliss-reactive ketones (excluding diaryl/α,β-unsaturated/α-hetero) is 1. The first-order valence-electron chi connectivity index (χ1n) is 34.1. The van der Waals surface area contributed by atoms with Gasteiger partial charge in [0.05, 0.1) is 15.4 Å². The summed E-state index contributed by atoms with van der Waals surface area (Å²) >= 11 is 0. The van der Waals surface area contributed by atoms with E-state index in [2.05, 4.69) is 72.7 Å². The Labute approximate surface area is 596 Å². The van der Waals surface area contributed by atoms with Crippen molar-refractivity contribution in [2.75, 3.05) is 84.3 Å². The Hall–Kier alpha value is -11.1. The van der Waals surface area contributed by atoms with Crippen LogP contribution in [0.15, 0.2) is 182 Å². The number of nitrogen functional groups attached to an aromatic ring is 1. The van der Waals surface area contributed by atoms with Crippen LogP contribution in [0.3, 0.4) is 0 Å². The molecule has 5 aromatic rings. The molecule has 3 N–H and O–H groups in total. The van der Waals surface area contributed by atoms with E-state index in [1.165, 1.54) is 36.4 Å². The van der Waals surface area contributed by atoms with E-state index in [9.17, 15) is 58.6 Å². The lowest BCUT2D eigenvalue weighted by atomic mass is 10.0. The minimum absolute atomic E-state index is 0.00387. The number of nitrogens with zero attached hydrogens (tertiary/aromatic N) is 9. The van der Waals surface area contributed by atoms with Crippen molar-refractivity contribution in [1.82, 2.24) is 34.4 Å². The molecule has 0 bridgehead atoms. The Balaban J connectivity index is 0.000000271. The van der Waals surface area contributed by atoms with Crippen molar-refractivity contribution < 1.29 is 62.8 Å². The first-order valence-corrected chi connectivity index (χ1v) is 34.1. The van der Waals surface area contributed by atoms with Gasteiger partial charge in [0.1, 0.15) is 11.2 Å². The van der Waals surface area contributed by atoms with E-state index in [4.69, 9.17) is 20.3 Å².